The SMILES string of the molecule is C#CCC(O)C(c1ccc(OC)cc1)S(=O)(=O)c1ccccc1.C#CCC(O)C(c1cccc(C#N)c1)S(C)(=O)=O. The molecule has 0 heterocycles. The molecule has 0 bridgehead atoms. The molecule has 0 radical (unpaired) electrons. The second-order valence-electron chi connectivity index (χ2n) is 8.99. The number of aliphatic hydroxyl groups excluding tert-OH is 2. The lowest BCUT2D eigenvalue weighted by Crippen LogP contribution is -2.26. The van der Waals surface area contributed by atoms with Gasteiger partial charge in [0.15, 0.2) is 19.7 Å². The quantitative estimate of drug-likeness (QED) is 0.340. The molecule has 0 fully saturated rings. The van der Waals surface area contributed by atoms with E-state index in [1.807, 2.05) is 6.07 Å². The molecule has 0 aliphatic rings. The summed E-state index contributed by atoms with van der Waals surface area (Å²) in [6, 6.07) is 22.7. The van der Waals surface area contributed by atoms with E-state index in [2.05, 4.69) is 11.8 Å². The van der Waals surface area contributed by atoms with Gasteiger partial charge in [-0.05, 0) is 47.5 Å². The van der Waals surface area contributed by atoms with E-state index >= 15 is 0 Å². The second-order valence-corrected chi connectivity index (χ2v) is 13.2. The Morgan fingerprint density at radius 3 is 1.85 bits per heavy atom. The van der Waals surface area contributed by atoms with Crippen molar-refractivity contribution in [2.24, 2.45) is 0 Å². The fourth-order valence-electron chi connectivity index (χ4n) is 4.15. The summed E-state index contributed by atoms with van der Waals surface area (Å²) in [5.74, 6) is 5.17. The summed E-state index contributed by atoms with van der Waals surface area (Å²) in [4.78, 5) is 0.150. The van der Waals surface area contributed by atoms with Crippen LogP contribution in [0.5, 0.6) is 5.75 Å². The molecule has 3 rings (SSSR count). The Bertz CT molecular complexity index is 1630. The molecule has 10 heteroatoms. The highest BCUT2D eigenvalue weighted by Gasteiger charge is 2.35. The zero-order chi connectivity index (χ0) is 30.6. The molecule has 0 amide bonds. The van der Waals surface area contributed by atoms with Crippen LogP contribution in [0.3, 0.4) is 0 Å². The minimum absolute atomic E-state index is 0.0528. The monoisotopic (exact) mass is 593 g/mol. The van der Waals surface area contributed by atoms with Crippen molar-refractivity contribution in [2.75, 3.05) is 13.4 Å². The lowest BCUT2D eigenvalue weighted by atomic mass is 10.0. The van der Waals surface area contributed by atoms with Gasteiger partial charge in [0.1, 0.15) is 16.2 Å². The first-order valence-corrected chi connectivity index (χ1v) is 15.8. The Balaban J connectivity index is 0.000000296. The second kappa shape index (κ2) is 15.0. The van der Waals surface area contributed by atoms with Crippen LogP contribution in [0.15, 0.2) is 83.8 Å². The predicted molar refractivity (Wildman–Crippen MR) is 157 cm³/mol. The fourth-order valence-corrected chi connectivity index (χ4v) is 7.32. The Hall–Kier alpha value is -4.11. The first-order chi connectivity index (χ1) is 19.4. The Labute approximate surface area is 242 Å². The zero-order valence-corrected chi connectivity index (χ0v) is 24.2. The van der Waals surface area contributed by atoms with Gasteiger partial charge in [0.05, 0.1) is 35.8 Å². The third kappa shape index (κ3) is 8.94. The predicted octanol–water partition coefficient (Wildman–Crippen LogP) is 3.62. The molecule has 214 valence electrons. The van der Waals surface area contributed by atoms with E-state index in [9.17, 15) is 27.0 Å². The van der Waals surface area contributed by atoms with Crippen molar-refractivity contribution < 1.29 is 31.8 Å². The molecule has 41 heavy (non-hydrogen) atoms. The third-order valence-electron chi connectivity index (χ3n) is 6.01. The first kappa shape index (κ1) is 33.1. The van der Waals surface area contributed by atoms with Crippen LogP contribution >= 0.6 is 0 Å². The van der Waals surface area contributed by atoms with E-state index in [0.717, 1.165) is 6.26 Å². The van der Waals surface area contributed by atoms with Crippen LogP contribution < -0.4 is 4.74 Å². The molecule has 4 unspecified atom stereocenters. The number of hydrogen-bond donors (Lipinski definition) is 2. The van der Waals surface area contributed by atoms with Crippen molar-refractivity contribution in [3.63, 3.8) is 0 Å². The Morgan fingerprint density at radius 1 is 0.805 bits per heavy atom. The first-order valence-electron chi connectivity index (χ1n) is 12.3. The summed E-state index contributed by atoms with van der Waals surface area (Å²) in [5.41, 5.74) is 1.19. The number of aliphatic hydroxyl groups is 2. The molecule has 0 saturated heterocycles. The number of nitrogens with zero attached hydrogens (tertiary/aromatic N) is 1. The van der Waals surface area contributed by atoms with E-state index in [4.69, 9.17) is 22.8 Å². The average Bonchev–Trinajstić information content (AvgIpc) is 2.94. The molecule has 0 aliphatic carbocycles. The molecule has 8 nitrogen and oxygen atoms in total. The highest BCUT2D eigenvalue weighted by molar-refractivity contribution is 7.91. The number of terminal acetylenes is 2. The maximum absolute atomic E-state index is 12.9. The van der Waals surface area contributed by atoms with Crippen molar-refractivity contribution in [3.8, 4) is 36.5 Å². The Kier molecular flexibility index (Phi) is 12.1. The summed E-state index contributed by atoms with van der Waals surface area (Å²) in [6.45, 7) is 0. The molecular formula is C31H31NO7S2. The molecule has 0 spiro atoms. The van der Waals surface area contributed by atoms with Crippen LogP contribution in [0.4, 0.5) is 0 Å². The van der Waals surface area contributed by atoms with Crippen LogP contribution in [0.25, 0.3) is 0 Å². The van der Waals surface area contributed by atoms with E-state index in [1.165, 1.54) is 25.3 Å². The minimum Gasteiger partial charge on any atom is -0.497 e. The van der Waals surface area contributed by atoms with Crippen molar-refractivity contribution in [1.82, 2.24) is 0 Å². The number of methoxy groups -OCH3 is 1. The van der Waals surface area contributed by atoms with Gasteiger partial charge in [0, 0.05) is 19.1 Å². The minimum atomic E-state index is -3.78. The van der Waals surface area contributed by atoms with Crippen LogP contribution in [-0.4, -0.2) is 52.6 Å². The van der Waals surface area contributed by atoms with Gasteiger partial charge < -0.3 is 14.9 Å². The average molecular weight is 594 g/mol. The molecule has 3 aromatic rings. The van der Waals surface area contributed by atoms with Gasteiger partial charge in [-0.3, -0.25) is 0 Å². The van der Waals surface area contributed by atoms with Gasteiger partial charge in [0.25, 0.3) is 0 Å². The summed E-state index contributed by atoms with van der Waals surface area (Å²) >= 11 is 0. The van der Waals surface area contributed by atoms with E-state index in [0.29, 0.717) is 22.4 Å². The van der Waals surface area contributed by atoms with Crippen molar-refractivity contribution in [3.05, 3.63) is 95.6 Å². The molecule has 0 aliphatic heterocycles. The summed E-state index contributed by atoms with van der Waals surface area (Å²) in [5, 5.41) is 26.7. The van der Waals surface area contributed by atoms with Gasteiger partial charge in [-0.2, -0.15) is 5.26 Å². The number of benzene rings is 3. The number of rotatable bonds is 10. The lowest BCUT2D eigenvalue weighted by molar-refractivity contribution is 0.173. The van der Waals surface area contributed by atoms with Crippen LogP contribution in [0.1, 0.15) is 40.0 Å². The summed E-state index contributed by atoms with van der Waals surface area (Å²) < 4.78 is 54.4. The molecule has 2 N–H and O–H groups in total. The smallest absolute Gasteiger partial charge is 0.187 e. The highest BCUT2D eigenvalue weighted by atomic mass is 32.2. The van der Waals surface area contributed by atoms with Crippen LogP contribution in [-0.2, 0) is 19.7 Å². The van der Waals surface area contributed by atoms with Gasteiger partial charge in [0.2, 0.25) is 0 Å². The van der Waals surface area contributed by atoms with Crippen LogP contribution in [0.2, 0.25) is 0 Å². The largest absolute Gasteiger partial charge is 0.497 e. The number of ether oxygens (including phenoxy) is 1. The van der Waals surface area contributed by atoms with Crippen molar-refractivity contribution in [1.29, 1.82) is 5.26 Å². The van der Waals surface area contributed by atoms with Gasteiger partial charge >= 0.3 is 0 Å². The fraction of sp³-hybridized carbons (Fsp3) is 0.258. The number of sulfone groups is 2. The normalized spacial score (nSPS) is 14.0. The topological polar surface area (TPSA) is 142 Å². The molecular weight excluding hydrogens is 562 g/mol. The van der Waals surface area contributed by atoms with Crippen molar-refractivity contribution in [2.45, 2.75) is 40.4 Å². The standard InChI is InChI=1S/C18H18O4S.C13H13NO3S/c1-3-7-17(19)18(14-10-12-15(22-2)13-11-14)23(20,21)16-8-5-4-6-9-16;1-3-5-12(15)13(18(2,16)17)11-7-4-6-10(8-11)9-14/h1,4-6,8-13,17-19H,7H2,2H3;1,4,6-8,12-13,15H,5H2,2H3. The van der Waals surface area contributed by atoms with E-state index < -0.39 is 42.4 Å². The van der Waals surface area contributed by atoms with Crippen LogP contribution in [0, 0.1) is 36.0 Å². The lowest BCUT2D eigenvalue weighted by Gasteiger charge is -2.22. The maximum atomic E-state index is 12.9. The van der Waals surface area contributed by atoms with E-state index in [1.54, 1.807) is 60.7 Å². The third-order valence-corrected chi connectivity index (χ3v) is 9.70. The molecule has 0 saturated carbocycles. The van der Waals surface area contributed by atoms with Gasteiger partial charge in [-0.25, -0.2) is 16.8 Å². The van der Waals surface area contributed by atoms with Gasteiger partial charge in [-0.1, -0.05) is 42.5 Å². The zero-order valence-electron chi connectivity index (χ0n) is 22.6. The van der Waals surface area contributed by atoms with Gasteiger partial charge in [-0.15, -0.1) is 24.7 Å². The summed E-state index contributed by atoms with van der Waals surface area (Å²) in [6.07, 6.45) is 8.88. The molecule has 0 aromatic heterocycles. The number of nitriles is 1. The molecule has 4 atom stereocenters. The van der Waals surface area contributed by atoms with E-state index in [-0.39, 0.29) is 17.7 Å². The Morgan fingerprint density at radius 2 is 1.37 bits per heavy atom. The number of hydrogen-bond acceptors (Lipinski definition) is 8. The summed E-state index contributed by atoms with van der Waals surface area (Å²) in [7, 11) is -5.77. The van der Waals surface area contributed by atoms with Crippen molar-refractivity contribution >= 4 is 19.7 Å². The molecule has 3 aromatic carbocycles. The maximum Gasteiger partial charge on any atom is 0.187 e. The highest BCUT2D eigenvalue weighted by Crippen LogP contribution is 2.34.